The van der Waals surface area contributed by atoms with Gasteiger partial charge in [0.05, 0.1) is 11.3 Å². The zero-order valence-corrected chi connectivity index (χ0v) is 10.1. The molecule has 3 N–H and O–H groups in total. The maximum absolute atomic E-state index is 12.0. The Balaban J connectivity index is 2.67. The average molecular weight is 228 g/mol. The minimum atomic E-state index is -0.837. The normalized spacial score (nSPS) is 28.9. The van der Waals surface area contributed by atoms with Gasteiger partial charge in [0.25, 0.3) is 0 Å². The molecule has 1 aliphatic heterocycles. The summed E-state index contributed by atoms with van der Waals surface area (Å²) in [6, 6.07) is -0.204. The Morgan fingerprint density at radius 1 is 1.44 bits per heavy atom. The topological polar surface area (TPSA) is 83.6 Å². The molecule has 1 amide bonds. The van der Waals surface area contributed by atoms with Crippen LogP contribution in [-0.2, 0) is 9.59 Å². The molecule has 0 radical (unpaired) electrons. The van der Waals surface area contributed by atoms with Crippen molar-refractivity contribution in [3.8, 4) is 0 Å². The monoisotopic (exact) mass is 228 g/mol. The molecule has 92 valence electrons. The number of amides is 1. The van der Waals surface area contributed by atoms with E-state index in [9.17, 15) is 9.59 Å². The molecule has 16 heavy (non-hydrogen) atoms. The predicted octanol–water partition coefficient (Wildman–Crippen LogP) is 0.293. The average Bonchev–Trinajstić information content (AvgIpc) is 2.60. The Kier molecular flexibility index (Phi) is 3.57. The van der Waals surface area contributed by atoms with Crippen LogP contribution in [-0.4, -0.2) is 41.0 Å². The molecular weight excluding hydrogens is 208 g/mol. The van der Waals surface area contributed by atoms with Crippen LogP contribution in [0.25, 0.3) is 0 Å². The number of nitrogens with two attached hydrogens (primary N) is 1. The SMILES string of the molecule is CC(N)C(C)C(=O)N1CCC(C)(C(=O)O)C1. The Bertz CT molecular complexity index is 304. The second-order valence-electron chi connectivity index (χ2n) is 5.02. The Morgan fingerprint density at radius 2 is 2.00 bits per heavy atom. The lowest BCUT2D eigenvalue weighted by molar-refractivity contribution is -0.147. The highest BCUT2D eigenvalue weighted by Gasteiger charge is 2.43. The second kappa shape index (κ2) is 4.41. The van der Waals surface area contributed by atoms with Gasteiger partial charge in [-0.3, -0.25) is 9.59 Å². The Labute approximate surface area is 95.6 Å². The van der Waals surface area contributed by atoms with E-state index in [1.807, 2.05) is 0 Å². The fraction of sp³-hybridized carbons (Fsp3) is 0.818. The first-order valence-corrected chi connectivity index (χ1v) is 5.56. The first-order valence-electron chi connectivity index (χ1n) is 5.56. The van der Waals surface area contributed by atoms with Gasteiger partial charge in [0, 0.05) is 19.1 Å². The number of carbonyl (C=O) groups is 2. The largest absolute Gasteiger partial charge is 0.481 e. The van der Waals surface area contributed by atoms with Crippen LogP contribution in [0.4, 0.5) is 0 Å². The number of likely N-dealkylation sites (tertiary alicyclic amines) is 1. The number of nitrogens with zero attached hydrogens (tertiary/aromatic N) is 1. The molecule has 0 bridgehead atoms. The summed E-state index contributed by atoms with van der Waals surface area (Å²) in [5.41, 5.74) is 4.87. The van der Waals surface area contributed by atoms with Crippen molar-refractivity contribution < 1.29 is 14.7 Å². The van der Waals surface area contributed by atoms with E-state index in [4.69, 9.17) is 10.8 Å². The van der Waals surface area contributed by atoms with Crippen molar-refractivity contribution in [1.29, 1.82) is 0 Å². The van der Waals surface area contributed by atoms with Crippen LogP contribution in [0.1, 0.15) is 27.2 Å². The summed E-state index contributed by atoms with van der Waals surface area (Å²) < 4.78 is 0. The zero-order valence-electron chi connectivity index (χ0n) is 10.1. The minimum absolute atomic E-state index is 0.0417. The Hall–Kier alpha value is -1.10. The summed E-state index contributed by atoms with van der Waals surface area (Å²) in [5.74, 6) is -1.13. The van der Waals surface area contributed by atoms with Crippen LogP contribution in [0, 0.1) is 11.3 Å². The molecule has 1 fully saturated rings. The highest BCUT2D eigenvalue weighted by atomic mass is 16.4. The van der Waals surface area contributed by atoms with Gasteiger partial charge < -0.3 is 15.7 Å². The molecule has 3 atom stereocenters. The van der Waals surface area contributed by atoms with E-state index in [2.05, 4.69) is 0 Å². The second-order valence-corrected chi connectivity index (χ2v) is 5.02. The van der Waals surface area contributed by atoms with Crippen molar-refractivity contribution in [2.24, 2.45) is 17.1 Å². The van der Waals surface area contributed by atoms with E-state index < -0.39 is 11.4 Å². The minimum Gasteiger partial charge on any atom is -0.481 e. The molecule has 0 spiro atoms. The van der Waals surface area contributed by atoms with Gasteiger partial charge in [-0.2, -0.15) is 0 Å². The first kappa shape index (κ1) is 13.0. The van der Waals surface area contributed by atoms with E-state index in [1.54, 1.807) is 25.7 Å². The first-order chi connectivity index (χ1) is 7.28. The van der Waals surface area contributed by atoms with E-state index in [0.29, 0.717) is 13.0 Å². The summed E-state index contributed by atoms with van der Waals surface area (Å²) in [7, 11) is 0. The van der Waals surface area contributed by atoms with Gasteiger partial charge in [-0.25, -0.2) is 0 Å². The number of hydrogen-bond donors (Lipinski definition) is 2. The van der Waals surface area contributed by atoms with Crippen molar-refractivity contribution in [2.45, 2.75) is 33.2 Å². The fourth-order valence-corrected chi connectivity index (χ4v) is 1.84. The third-order valence-electron chi connectivity index (χ3n) is 3.48. The molecule has 5 heteroatoms. The summed E-state index contributed by atoms with van der Waals surface area (Å²) in [5, 5.41) is 9.06. The number of hydrogen-bond acceptors (Lipinski definition) is 3. The summed E-state index contributed by atoms with van der Waals surface area (Å²) in [6.45, 7) is 6.05. The van der Waals surface area contributed by atoms with Gasteiger partial charge in [0.15, 0.2) is 0 Å². The van der Waals surface area contributed by atoms with E-state index in [1.165, 1.54) is 0 Å². The van der Waals surface area contributed by atoms with Gasteiger partial charge in [-0.05, 0) is 20.3 Å². The molecule has 1 saturated heterocycles. The third-order valence-corrected chi connectivity index (χ3v) is 3.48. The van der Waals surface area contributed by atoms with E-state index >= 15 is 0 Å². The summed E-state index contributed by atoms with van der Waals surface area (Å²) >= 11 is 0. The number of carbonyl (C=O) groups excluding carboxylic acids is 1. The molecule has 0 aliphatic carbocycles. The standard InChI is InChI=1S/C11H20N2O3/c1-7(8(2)12)9(14)13-5-4-11(3,6-13)10(15)16/h7-8H,4-6,12H2,1-3H3,(H,15,16). The number of aliphatic carboxylic acids is 1. The molecule has 0 aromatic rings. The van der Waals surface area contributed by atoms with Crippen LogP contribution >= 0.6 is 0 Å². The van der Waals surface area contributed by atoms with Crippen LogP contribution in [0.2, 0.25) is 0 Å². The summed E-state index contributed by atoms with van der Waals surface area (Å²) in [6.07, 6.45) is 0.514. The van der Waals surface area contributed by atoms with Crippen molar-refractivity contribution in [2.75, 3.05) is 13.1 Å². The van der Waals surface area contributed by atoms with Crippen molar-refractivity contribution in [3.63, 3.8) is 0 Å². The molecule has 0 saturated carbocycles. The zero-order chi connectivity index (χ0) is 12.5. The molecule has 1 rings (SSSR count). The molecule has 1 heterocycles. The fourth-order valence-electron chi connectivity index (χ4n) is 1.84. The number of rotatable bonds is 3. The van der Waals surface area contributed by atoms with Gasteiger partial charge in [0.1, 0.15) is 0 Å². The molecule has 5 nitrogen and oxygen atoms in total. The molecule has 3 unspecified atom stereocenters. The predicted molar refractivity (Wildman–Crippen MR) is 59.8 cm³/mol. The van der Waals surface area contributed by atoms with Crippen molar-refractivity contribution in [1.82, 2.24) is 4.90 Å². The lowest BCUT2D eigenvalue weighted by atomic mass is 9.90. The molecule has 1 aliphatic rings. The van der Waals surface area contributed by atoms with E-state index in [0.717, 1.165) is 0 Å². The van der Waals surface area contributed by atoms with Gasteiger partial charge >= 0.3 is 5.97 Å². The highest BCUT2D eigenvalue weighted by Crippen LogP contribution is 2.31. The lowest BCUT2D eigenvalue weighted by Gasteiger charge is -2.24. The van der Waals surface area contributed by atoms with Gasteiger partial charge in [-0.15, -0.1) is 0 Å². The maximum Gasteiger partial charge on any atom is 0.311 e. The third kappa shape index (κ3) is 2.35. The lowest BCUT2D eigenvalue weighted by Crippen LogP contribution is -2.42. The van der Waals surface area contributed by atoms with E-state index in [-0.39, 0.29) is 24.4 Å². The highest BCUT2D eigenvalue weighted by molar-refractivity contribution is 5.82. The quantitative estimate of drug-likeness (QED) is 0.727. The number of carboxylic acids is 1. The Morgan fingerprint density at radius 3 is 2.38 bits per heavy atom. The maximum atomic E-state index is 12.0. The van der Waals surface area contributed by atoms with Crippen LogP contribution in [0.3, 0.4) is 0 Å². The van der Waals surface area contributed by atoms with Crippen LogP contribution < -0.4 is 5.73 Å². The van der Waals surface area contributed by atoms with Crippen LogP contribution in [0.5, 0.6) is 0 Å². The molecule has 0 aromatic carbocycles. The van der Waals surface area contributed by atoms with Crippen molar-refractivity contribution >= 4 is 11.9 Å². The smallest absolute Gasteiger partial charge is 0.311 e. The van der Waals surface area contributed by atoms with Crippen molar-refractivity contribution in [3.05, 3.63) is 0 Å². The molecule has 0 aromatic heterocycles. The van der Waals surface area contributed by atoms with Gasteiger partial charge in [0.2, 0.25) is 5.91 Å². The summed E-state index contributed by atoms with van der Waals surface area (Å²) in [4.78, 5) is 24.6. The molecular formula is C11H20N2O3. The van der Waals surface area contributed by atoms with Crippen LogP contribution in [0.15, 0.2) is 0 Å². The van der Waals surface area contributed by atoms with Gasteiger partial charge in [-0.1, -0.05) is 6.92 Å². The number of carboxylic acid groups (broad SMARTS) is 1.